The number of hydrogen-bond donors (Lipinski definition) is 2. The number of amides is 6. The van der Waals surface area contributed by atoms with Crippen molar-refractivity contribution in [3.8, 4) is 23.0 Å². The fraction of sp³-hybridized carbons (Fsp3) is 0.418. The van der Waals surface area contributed by atoms with Gasteiger partial charge in [-0.15, -0.1) is 0 Å². The lowest BCUT2D eigenvalue weighted by atomic mass is 9.92. The summed E-state index contributed by atoms with van der Waals surface area (Å²) >= 11 is 0. The number of Topliss-reactive ketones (excluding diaryl/α,β-unsaturated/α-hetero) is 1. The summed E-state index contributed by atoms with van der Waals surface area (Å²) in [5, 5.41) is 5.29. The molecular formula is C67H79N9O11. The van der Waals surface area contributed by atoms with Crippen LogP contribution in [0.5, 0.6) is 23.0 Å². The normalized spacial score (nSPS) is 18.4. The summed E-state index contributed by atoms with van der Waals surface area (Å²) in [4.78, 5) is 106. The zero-order chi connectivity index (χ0) is 61.9. The molecule has 0 saturated carbocycles. The molecule has 87 heavy (non-hydrogen) atoms. The van der Waals surface area contributed by atoms with E-state index < -0.39 is 12.0 Å². The van der Waals surface area contributed by atoms with Crippen molar-refractivity contribution < 1.29 is 52.5 Å². The number of imide groups is 1. The largest absolute Gasteiger partial charge is 0.493 e. The molecule has 10 rings (SSSR count). The number of nitrogens with one attached hydrogen (secondary N) is 2. The standard InChI is InChI=1S/C47H48N6O6.C20H31N3O5/c1-30-6-8-31(9-7-30)33-20-36-26-48-40-24-44(42(56-3)22-38(40)46(54)52(36)28-33)58-18-5-19-59-45-25-41-39(23-43(45)57-4)47(55)53-29-34(21-37(53)27-49-41)32-10-12-35(13-11-32)51-16-14-50(2)15-17-51;1-13(2)19(15(24)12-14(3)20(28)21-4)22-16(25)8-6-5-7-11-23-17(26)9-10-18(23)27/h6-13,22-29,36-37H,5,14-21H2,1-4H3;9-10,13-14,19H,5-8,11-12H2,1-4H3,(H,21,28)(H,22,25)/t36-,37-;14-,19?/m01/s1. The van der Waals surface area contributed by atoms with Gasteiger partial charge in [-0.05, 0) is 79.3 Å². The van der Waals surface area contributed by atoms with Crippen molar-refractivity contribution in [3.63, 3.8) is 0 Å². The van der Waals surface area contributed by atoms with Gasteiger partial charge in [0.15, 0.2) is 28.8 Å². The van der Waals surface area contributed by atoms with Gasteiger partial charge in [0.2, 0.25) is 11.8 Å². The molecule has 0 radical (unpaired) electrons. The van der Waals surface area contributed by atoms with Gasteiger partial charge in [0.1, 0.15) is 0 Å². The maximum atomic E-state index is 13.9. The first kappa shape index (κ1) is 62.6. The average molecular weight is 1190 g/mol. The second kappa shape index (κ2) is 28.5. The third-order valence-electron chi connectivity index (χ3n) is 16.5. The predicted molar refractivity (Wildman–Crippen MR) is 334 cm³/mol. The van der Waals surface area contributed by atoms with E-state index in [2.05, 4.69) is 82.9 Å². The molecule has 4 aromatic rings. The van der Waals surface area contributed by atoms with Crippen LogP contribution in [0.1, 0.15) is 110 Å². The van der Waals surface area contributed by atoms with E-state index in [0.717, 1.165) is 48.5 Å². The summed E-state index contributed by atoms with van der Waals surface area (Å²) in [6.45, 7) is 12.6. The lowest BCUT2D eigenvalue weighted by molar-refractivity contribution is -0.137. The van der Waals surface area contributed by atoms with Crippen LogP contribution in [0, 0.1) is 18.8 Å². The summed E-state index contributed by atoms with van der Waals surface area (Å²) in [6, 6.07) is 23.0. The lowest BCUT2D eigenvalue weighted by Gasteiger charge is -2.34. The summed E-state index contributed by atoms with van der Waals surface area (Å²) in [5.41, 5.74) is 8.82. The SMILES string of the molecule is CNC(=O)[C@H](C)CC(=O)C(NC(=O)CCCCCN1C(=O)C=CC1=O)C(C)C.COc1cc2c(cc1OCCCOc1cc3c(cc1OC)C(=O)N1C=C(c4ccc(N5CCN(C)CC5)cc4)C[C@H]1C=N3)N=C[C@@H]1CC(c3ccc(C)cc3)=CN1C2=O. The molecule has 0 bridgehead atoms. The second-order valence-corrected chi connectivity index (χ2v) is 23.1. The summed E-state index contributed by atoms with van der Waals surface area (Å²) in [5.74, 6) is -0.0678. The molecule has 4 atom stereocenters. The van der Waals surface area contributed by atoms with Crippen molar-refractivity contribution in [2.24, 2.45) is 21.8 Å². The number of carbonyl (C=O) groups excluding carboxylic acids is 7. The number of carbonyl (C=O) groups is 7. The van der Waals surface area contributed by atoms with Gasteiger partial charge in [-0.3, -0.25) is 48.4 Å². The smallest absolute Gasteiger partial charge is 0.260 e. The Balaban J connectivity index is 0.000000272. The Morgan fingerprint density at radius 1 is 0.655 bits per heavy atom. The minimum Gasteiger partial charge on any atom is -0.493 e. The van der Waals surface area contributed by atoms with Crippen LogP contribution in [0.15, 0.2) is 107 Å². The molecule has 20 heteroatoms. The Morgan fingerprint density at radius 3 is 1.67 bits per heavy atom. The van der Waals surface area contributed by atoms with Gasteiger partial charge >= 0.3 is 0 Å². The number of hydrogen-bond acceptors (Lipinski definition) is 15. The lowest BCUT2D eigenvalue weighted by Crippen LogP contribution is -2.45. The van der Waals surface area contributed by atoms with Crippen molar-refractivity contribution in [1.29, 1.82) is 0 Å². The first-order chi connectivity index (χ1) is 41.9. The first-order valence-corrected chi connectivity index (χ1v) is 30.0. The van der Waals surface area contributed by atoms with Crippen molar-refractivity contribution >= 4 is 81.9 Å². The number of ketones is 1. The fourth-order valence-electron chi connectivity index (χ4n) is 11.3. The van der Waals surface area contributed by atoms with Crippen molar-refractivity contribution in [1.82, 2.24) is 30.2 Å². The number of aryl methyl sites for hydroxylation is 1. The highest BCUT2D eigenvalue weighted by molar-refractivity contribution is 6.13. The Morgan fingerprint density at radius 2 is 1.17 bits per heavy atom. The van der Waals surface area contributed by atoms with E-state index in [-0.39, 0.29) is 72.1 Å². The van der Waals surface area contributed by atoms with Gasteiger partial charge < -0.3 is 49.2 Å². The third kappa shape index (κ3) is 15.0. The first-order valence-electron chi connectivity index (χ1n) is 30.0. The van der Waals surface area contributed by atoms with Gasteiger partial charge in [0.05, 0.1) is 68.1 Å². The monoisotopic (exact) mass is 1190 g/mol. The summed E-state index contributed by atoms with van der Waals surface area (Å²) in [7, 11) is 6.80. The van der Waals surface area contributed by atoms with Gasteiger partial charge in [-0.1, -0.05) is 69.2 Å². The number of anilines is 1. The number of ether oxygens (including phenoxy) is 4. The molecule has 6 heterocycles. The van der Waals surface area contributed by atoms with Crippen LogP contribution in [0.3, 0.4) is 0 Å². The molecule has 1 fully saturated rings. The second-order valence-electron chi connectivity index (χ2n) is 23.1. The molecule has 0 aliphatic carbocycles. The number of methoxy groups -OCH3 is 2. The molecule has 1 unspecified atom stereocenters. The van der Waals surface area contributed by atoms with Crippen LogP contribution in [-0.2, 0) is 24.0 Å². The van der Waals surface area contributed by atoms with E-state index in [1.807, 2.05) is 38.7 Å². The number of fused-ring (bicyclic) bond motifs is 4. The van der Waals surface area contributed by atoms with E-state index >= 15 is 0 Å². The van der Waals surface area contributed by atoms with Crippen LogP contribution in [-0.4, -0.2) is 166 Å². The Hall–Kier alpha value is -8.91. The van der Waals surface area contributed by atoms with Crippen molar-refractivity contribution in [3.05, 3.63) is 125 Å². The highest BCUT2D eigenvalue weighted by atomic mass is 16.5. The number of likely N-dealkylation sites (N-methyl/N-ethyl adjacent to an activating group) is 1. The molecule has 0 spiro atoms. The highest BCUT2D eigenvalue weighted by Crippen LogP contribution is 2.42. The number of piperazine rings is 1. The number of aliphatic imine (C=N–C) groups is 2. The van der Waals surface area contributed by atoms with Gasteiger partial charge in [0, 0.05) is 133 Å². The quantitative estimate of drug-likeness (QED) is 0.0526. The Bertz CT molecular complexity index is 3380. The summed E-state index contributed by atoms with van der Waals surface area (Å²) in [6.07, 6.45) is 14.3. The Labute approximate surface area is 508 Å². The Kier molecular flexibility index (Phi) is 20.5. The molecule has 458 valence electrons. The minimum atomic E-state index is -0.620. The number of benzene rings is 4. The van der Waals surface area contributed by atoms with Crippen LogP contribution in [0.4, 0.5) is 17.1 Å². The molecule has 2 N–H and O–H groups in total. The summed E-state index contributed by atoms with van der Waals surface area (Å²) < 4.78 is 23.7. The molecule has 0 aromatic heterocycles. The maximum Gasteiger partial charge on any atom is 0.260 e. The number of nitrogens with zero attached hydrogens (tertiary/aromatic N) is 7. The number of rotatable bonds is 23. The maximum absolute atomic E-state index is 13.9. The third-order valence-corrected chi connectivity index (χ3v) is 16.5. The van der Waals surface area contributed by atoms with Crippen molar-refractivity contribution in [2.45, 2.75) is 97.2 Å². The average Bonchev–Trinajstić information content (AvgIpc) is 2.18. The van der Waals surface area contributed by atoms with Crippen molar-refractivity contribution in [2.75, 3.05) is 79.2 Å². The molecule has 4 aromatic carbocycles. The van der Waals surface area contributed by atoms with Gasteiger partial charge in [-0.25, -0.2) is 0 Å². The predicted octanol–water partition coefficient (Wildman–Crippen LogP) is 8.51. The van der Waals surface area contributed by atoms with E-state index in [1.165, 1.54) is 35.4 Å². The van der Waals surface area contributed by atoms with E-state index in [1.54, 1.807) is 55.2 Å². The fourth-order valence-corrected chi connectivity index (χ4v) is 11.3. The minimum absolute atomic E-state index is 0.0759. The highest BCUT2D eigenvalue weighted by Gasteiger charge is 2.36. The molecule has 1 saturated heterocycles. The van der Waals surface area contributed by atoms with Crippen LogP contribution in [0.2, 0.25) is 0 Å². The van der Waals surface area contributed by atoms with Crippen LogP contribution >= 0.6 is 0 Å². The van der Waals surface area contributed by atoms with Crippen LogP contribution < -0.4 is 34.5 Å². The topological polar surface area (TPSA) is 221 Å². The molecule has 6 aliphatic heterocycles. The van der Waals surface area contributed by atoms with E-state index in [9.17, 15) is 33.6 Å². The number of unbranched alkanes of at least 4 members (excludes halogenated alkanes) is 2. The molecule has 6 amide bonds. The molecule has 20 nitrogen and oxygen atoms in total. The zero-order valence-corrected chi connectivity index (χ0v) is 51.0. The van der Waals surface area contributed by atoms with E-state index in [4.69, 9.17) is 28.9 Å². The molecular weight excluding hydrogens is 1110 g/mol. The van der Waals surface area contributed by atoms with Gasteiger partial charge in [0.25, 0.3) is 23.6 Å². The zero-order valence-electron chi connectivity index (χ0n) is 51.0. The molecule has 6 aliphatic rings. The van der Waals surface area contributed by atoms with Gasteiger partial charge in [-0.2, -0.15) is 0 Å². The van der Waals surface area contributed by atoms with Crippen LogP contribution in [0.25, 0.3) is 11.1 Å². The van der Waals surface area contributed by atoms with E-state index in [0.29, 0.717) is 104 Å².